The number of nitrogen functional groups attached to an aromatic ring is 1. The van der Waals surface area contributed by atoms with Gasteiger partial charge in [0.05, 0.1) is 17.0 Å². The molecule has 1 aromatic heterocycles. The number of β-lactam (4-membered cyclic amide) rings is 1. The highest BCUT2D eigenvalue weighted by Gasteiger charge is 2.54. The predicted molar refractivity (Wildman–Crippen MR) is 118 cm³/mol. The van der Waals surface area contributed by atoms with Crippen LogP contribution in [0.2, 0.25) is 0 Å². The quantitative estimate of drug-likeness (QED) is 0.242. The number of thioether (sulfide) groups is 1. The van der Waals surface area contributed by atoms with Gasteiger partial charge in [0.1, 0.15) is 29.5 Å². The van der Waals surface area contributed by atoms with Crippen LogP contribution in [0.15, 0.2) is 34.2 Å². The van der Waals surface area contributed by atoms with E-state index in [4.69, 9.17) is 15.3 Å². The summed E-state index contributed by atoms with van der Waals surface area (Å²) in [7, 11) is 0. The number of aliphatic carboxylic acids is 1. The number of allylic oxidation sites excluding steroid dienone is 2. The van der Waals surface area contributed by atoms with Gasteiger partial charge in [-0.15, -0.1) is 23.1 Å². The Morgan fingerprint density at radius 2 is 2.21 bits per heavy atom. The number of carbonyl (C=O) groups excluding carboxylic acids is 3. The Morgan fingerprint density at radius 1 is 1.45 bits per heavy atom. The van der Waals surface area contributed by atoms with Crippen LogP contribution in [-0.4, -0.2) is 62.5 Å². The number of carbonyl (C=O) groups is 4. The van der Waals surface area contributed by atoms with E-state index in [0.717, 1.165) is 16.2 Å². The standard InChI is InChI=1S/C19H19N5O7S2/c1-7-3-10(23-31-7)12(11-6-33-19(20)21-11)15(26)22-13-16(27)24-14(18(28)29)9(4-30-8(2)25)5-32-17(13)24/h3,6,13,17,23H,4-5H2,1-2H3,(H2,20,21)(H,22,26)(H,28,29)/t13?,17-/m1/s1. The van der Waals surface area contributed by atoms with E-state index in [2.05, 4.69) is 15.8 Å². The summed E-state index contributed by atoms with van der Waals surface area (Å²) >= 11 is 2.42. The zero-order chi connectivity index (χ0) is 23.9. The number of rotatable bonds is 6. The molecule has 1 aromatic rings. The minimum Gasteiger partial charge on any atom is -0.477 e. The summed E-state index contributed by atoms with van der Waals surface area (Å²) in [4.78, 5) is 59.5. The summed E-state index contributed by atoms with van der Waals surface area (Å²) in [6, 6.07) is -0.953. The third-order valence-electron chi connectivity index (χ3n) is 4.93. The predicted octanol–water partition coefficient (Wildman–Crippen LogP) is 0.177. The first kappa shape index (κ1) is 22.7. The zero-order valence-electron chi connectivity index (χ0n) is 17.4. The average molecular weight is 494 g/mol. The molecule has 1 unspecified atom stereocenters. The lowest BCUT2D eigenvalue weighted by Crippen LogP contribution is -2.70. The third-order valence-corrected chi connectivity index (χ3v) is 6.94. The lowest BCUT2D eigenvalue weighted by molar-refractivity contribution is -0.150. The Kier molecular flexibility index (Phi) is 6.03. The fourth-order valence-corrected chi connectivity index (χ4v) is 5.38. The number of nitrogens with one attached hydrogen (secondary N) is 2. The van der Waals surface area contributed by atoms with Crippen molar-refractivity contribution in [3.63, 3.8) is 0 Å². The normalized spacial score (nSPS) is 23.0. The number of esters is 1. The number of ether oxygens (including phenoxy) is 1. The molecule has 2 atom stereocenters. The van der Waals surface area contributed by atoms with Gasteiger partial charge in [-0.2, -0.15) is 0 Å². The Balaban J connectivity index is 1.57. The van der Waals surface area contributed by atoms with Gasteiger partial charge < -0.3 is 25.7 Å². The van der Waals surface area contributed by atoms with Crippen molar-refractivity contribution in [2.45, 2.75) is 25.3 Å². The van der Waals surface area contributed by atoms with Crippen LogP contribution in [0, 0.1) is 0 Å². The van der Waals surface area contributed by atoms with Crippen LogP contribution in [0.3, 0.4) is 0 Å². The van der Waals surface area contributed by atoms with Crippen LogP contribution < -0.4 is 16.5 Å². The van der Waals surface area contributed by atoms with Crippen molar-refractivity contribution in [1.82, 2.24) is 20.7 Å². The smallest absolute Gasteiger partial charge is 0.352 e. The Hall–Kier alpha value is -3.52. The molecule has 4 heterocycles. The molecular weight excluding hydrogens is 474 g/mol. The lowest BCUT2D eigenvalue weighted by atomic mass is 10.0. The number of hydrogen-bond donors (Lipinski definition) is 4. The molecule has 174 valence electrons. The maximum Gasteiger partial charge on any atom is 0.352 e. The van der Waals surface area contributed by atoms with E-state index in [1.54, 1.807) is 18.4 Å². The van der Waals surface area contributed by atoms with E-state index in [-0.39, 0.29) is 28.8 Å². The SMILES string of the molecule is CC(=O)OCC1=C(C(=O)O)N2C(=O)C(NC(=O)C(=C3C=C(C)ON3)c3csc(N)n3)[C@H]2SC1. The van der Waals surface area contributed by atoms with Gasteiger partial charge in [0, 0.05) is 29.7 Å². The van der Waals surface area contributed by atoms with Gasteiger partial charge >= 0.3 is 11.9 Å². The average Bonchev–Trinajstić information content (AvgIpc) is 3.38. The van der Waals surface area contributed by atoms with Crippen LogP contribution in [0.4, 0.5) is 5.13 Å². The second-order valence-corrected chi connectivity index (χ2v) is 9.21. The third kappa shape index (κ3) is 4.26. The molecule has 12 nitrogen and oxygen atoms in total. The summed E-state index contributed by atoms with van der Waals surface area (Å²) in [5.74, 6) is -2.29. The van der Waals surface area contributed by atoms with Crippen molar-refractivity contribution in [1.29, 1.82) is 0 Å². The highest BCUT2D eigenvalue weighted by Crippen LogP contribution is 2.40. The van der Waals surface area contributed by atoms with Crippen LogP contribution >= 0.6 is 23.1 Å². The molecule has 0 aliphatic carbocycles. The van der Waals surface area contributed by atoms with E-state index in [1.165, 1.54) is 18.7 Å². The van der Waals surface area contributed by atoms with Crippen molar-refractivity contribution in [2.75, 3.05) is 18.1 Å². The number of anilines is 1. The molecule has 14 heteroatoms. The van der Waals surface area contributed by atoms with Gasteiger partial charge in [-0.05, 0) is 6.92 Å². The maximum absolute atomic E-state index is 13.2. The molecule has 1 saturated heterocycles. The minimum absolute atomic E-state index is 0.136. The number of hydrogen-bond acceptors (Lipinski definition) is 11. The molecule has 2 amide bonds. The largest absolute Gasteiger partial charge is 0.477 e. The van der Waals surface area contributed by atoms with E-state index >= 15 is 0 Å². The number of nitrogens with two attached hydrogens (primary N) is 1. The summed E-state index contributed by atoms with van der Waals surface area (Å²) in [5.41, 5.74) is 9.24. The van der Waals surface area contributed by atoms with Gasteiger partial charge in [-0.3, -0.25) is 19.3 Å². The highest BCUT2D eigenvalue weighted by molar-refractivity contribution is 8.00. The molecule has 3 aliphatic heterocycles. The van der Waals surface area contributed by atoms with Crippen molar-refractivity contribution in [2.24, 2.45) is 0 Å². The minimum atomic E-state index is -1.31. The van der Waals surface area contributed by atoms with Crippen molar-refractivity contribution in [3.05, 3.63) is 39.9 Å². The number of carboxylic acids is 1. The monoisotopic (exact) mass is 493 g/mol. The molecule has 0 spiro atoms. The van der Waals surface area contributed by atoms with Gasteiger partial charge in [0.2, 0.25) is 0 Å². The molecule has 4 rings (SSSR count). The molecule has 0 aromatic carbocycles. The van der Waals surface area contributed by atoms with E-state index in [9.17, 15) is 24.3 Å². The molecule has 3 aliphatic rings. The lowest BCUT2D eigenvalue weighted by Gasteiger charge is -2.49. The van der Waals surface area contributed by atoms with Crippen molar-refractivity contribution >= 4 is 57.6 Å². The number of aromatic nitrogens is 1. The Labute approximate surface area is 195 Å². The van der Waals surface area contributed by atoms with Crippen LogP contribution in [0.5, 0.6) is 0 Å². The Morgan fingerprint density at radius 3 is 2.79 bits per heavy atom. The van der Waals surface area contributed by atoms with E-state index in [1.807, 2.05) is 0 Å². The van der Waals surface area contributed by atoms with Crippen molar-refractivity contribution in [3.8, 4) is 0 Å². The number of hydroxylamine groups is 1. The maximum atomic E-state index is 13.2. The number of fused-ring (bicyclic) bond motifs is 1. The molecule has 0 radical (unpaired) electrons. The topological polar surface area (TPSA) is 173 Å². The van der Waals surface area contributed by atoms with E-state index in [0.29, 0.717) is 22.7 Å². The number of amides is 2. The second kappa shape index (κ2) is 8.78. The molecule has 5 N–H and O–H groups in total. The first-order chi connectivity index (χ1) is 15.7. The fourth-order valence-electron chi connectivity index (χ4n) is 3.50. The first-order valence-electron chi connectivity index (χ1n) is 9.58. The van der Waals surface area contributed by atoms with Gasteiger partial charge in [-0.25, -0.2) is 15.3 Å². The zero-order valence-corrected chi connectivity index (χ0v) is 19.0. The van der Waals surface area contributed by atoms with Crippen LogP contribution in [-0.2, 0) is 28.8 Å². The number of thiazole rings is 1. The van der Waals surface area contributed by atoms with Gasteiger partial charge in [-0.1, -0.05) is 0 Å². The van der Waals surface area contributed by atoms with Crippen LogP contribution in [0.25, 0.3) is 5.57 Å². The first-order valence-corrected chi connectivity index (χ1v) is 11.5. The molecular formula is C19H19N5O7S2. The van der Waals surface area contributed by atoms with Crippen LogP contribution in [0.1, 0.15) is 19.5 Å². The van der Waals surface area contributed by atoms with Gasteiger partial charge in [0.25, 0.3) is 11.8 Å². The molecule has 33 heavy (non-hydrogen) atoms. The fraction of sp³-hybridized carbons (Fsp3) is 0.316. The summed E-state index contributed by atoms with van der Waals surface area (Å²) < 4.78 is 4.92. The number of nitrogens with zero attached hydrogens (tertiary/aromatic N) is 2. The van der Waals surface area contributed by atoms with E-state index < -0.39 is 35.2 Å². The number of carboxylic acid groups (broad SMARTS) is 1. The van der Waals surface area contributed by atoms with Gasteiger partial charge in [0.15, 0.2) is 5.13 Å². The Bertz CT molecular complexity index is 1160. The summed E-state index contributed by atoms with van der Waals surface area (Å²) in [5, 5.41) is 13.6. The summed E-state index contributed by atoms with van der Waals surface area (Å²) in [6.07, 6.45) is 1.61. The highest BCUT2D eigenvalue weighted by atomic mass is 32.2. The molecule has 0 bridgehead atoms. The molecule has 1 fully saturated rings. The van der Waals surface area contributed by atoms with Crippen molar-refractivity contribution < 1.29 is 33.9 Å². The summed E-state index contributed by atoms with van der Waals surface area (Å²) in [6.45, 7) is 2.68. The second-order valence-electron chi connectivity index (χ2n) is 7.22. The molecule has 0 saturated carbocycles.